The molecule has 474 valence electrons. The third kappa shape index (κ3) is 10.5. The second-order valence-corrected chi connectivity index (χ2v) is 25.2. The molecule has 0 saturated carbocycles. The number of hydrogen-bond acceptors (Lipinski definition) is 16. The van der Waals surface area contributed by atoms with Crippen LogP contribution < -0.4 is 20.1 Å². The molecule has 4 saturated heterocycles. The summed E-state index contributed by atoms with van der Waals surface area (Å²) < 4.78 is 53.7. The molecular formula is C74H78N8O10. The van der Waals surface area contributed by atoms with Gasteiger partial charge in [0.2, 0.25) is 0 Å². The molecule has 4 aromatic heterocycles. The monoisotopic (exact) mass is 1240 g/mol. The van der Waals surface area contributed by atoms with Gasteiger partial charge in [-0.25, -0.2) is 19.0 Å². The molecule has 8 atom stereocenters. The zero-order valence-corrected chi connectivity index (χ0v) is 53.4. The highest BCUT2D eigenvalue weighted by molar-refractivity contribution is 5.93. The zero-order chi connectivity index (χ0) is 64.2. The minimum atomic E-state index is -0.908. The maximum Gasteiger partial charge on any atom is 0.164 e. The van der Waals surface area contributed by atoms with Crippen LogP contribution in [0.3, 0.4) is 0 Å². The Kier molecular flexibility index (Phi) is 16.4. The molecule has 4 aliphatic rings. The Morgan fingerprint density at radius 3 is 1.24 bits per heavy atom. The Hall–Kier alpha value is -8.85. The van der Waals surface area contributed by atoms with E-state index in [2.05, 4.69) is 90.2 Å². The van der Waals surface area contributed by atoms with Gasteiger partial charge in [-0.1, -0.05) is 159 Å². The van der Waals surface area contributed by atoms with Gasteiger partial charge in [0.15, 0.2) is 29.5 Å². The van der Waals surface area contributed by atoms with Gasteiger partial charge in [0.05, 0.1) is 44.4 Å². The number of methoxy groups -OCH3 is 2. The lowest BCUT2D eigenvalue weighted by atomic mass is 9.77. The number of fused-ring (bicyclic) bond motifs is 4. The SMILES string of the molecule is CC[C@H]1O[C@@H](c2cc(C=O)c3c(NC(c4ccccc4)(c4ccccc4)c4ccc(OC)cc4)ncnn23)[C@]2(C)OC(C)(C)O[C@H]12.CC[C@H]1O[C@@H](c2cc(CO)c3c(NC(c4ccccc4)(c4ccccc4)c4ccc(OC)cc4)ncnn23)[C@]2(C)OC(C)(C)O[C@H]12. The highest BCUT2D eigenvalue weighted by Gasteiger charge is 2.65. The predicted octanol–water partition coefficient (Wildman–Crippen LogP) is 13.1. The summed E-state index contributed by atoms with van der Waals surface area (Å²) in [6, 6.07) is 60.8. The minimum Gasteiger partial charge on any atom is -0.497 e. The Labute approximate surface area is 535 Å². The quantitative estimate of drug-likeness (QED) is 0.0541. The number of nitrogens with zero attached hydrogens (tertiary/aromatic N) is 6. The van der Waals surface area contributed by atoms with E-state index in [0.29, 0.717) is 39.5 Å². The fourth-order valence-electron chi connectivity index (χ4n) is 14.7. The molecule has 3 N–H and O–H groups in total. The van der Waals surface area contributed by atoms with E-state index in [1.54, 1.807) is 18.7 Å². The molecule has 6 aromatic carbocycles. The van der Waals surface area contributed by atoms with E-state index >= 15 is 0 Å². The number of rotatable bonds is 18. The number of carbonyl (C=O) groups is 1. The summed E-state index contributed by atoms with van der Waals surface area (Å²) in [7, 11) is 3.32. The summed E-state index contributed by atoms with van der Waals surface area (Å²) in [5.74, 6) is 1.02. The highest BCUT2D eigenvalue weighted by atomic mass is 16.8. The van der Waals surface area contributed by atoms with Crippen LogP contribution in [0.4, 0.5) is 11.6 Å². The minimum absolute atomic E-state index is 0.154. The number of aliphatic hydroxyl groups excluding tert-OH is 1. The zero-order valence-electron chi connectivity index (χ0n) is 53.4. The van der Waals surface area contributed by atoms with Crippen LogP contribution in [0.1, 0.15) is 141 Å². The summed E-state index contributed by atoms with van der Waals surface area (Å²) in [4.78, 5) is 22.3. The van der Waals surface area contributed by atoms with Gasteiger partial charge in [0, 0.05) is 11.1 Å². The molecule has 4 fully saturated rings. The number of hydrogen-bond donors (Lipinski definition) is 3. The van der Waals surface area contributed by atoms with E-state index < -0.39 is 46.1 Å². The van der Waals surface area contributed by atoms with Crippen LogP contribution in [0, 0.1) is 0 Å². The van der Waals surface area contributed by atoms with Gasteiger partial charge in [-0.3, -0.25) is 4.79 Å². The van der Waals surface area contributed by atoms with Crippen LogP contribution in [0.2, 0.25) is 0 Å². The van der Waals surface area contributed by atoms with E-state index in [1.807, 2.05) is 167 Å². The van der Waals surface area contributed by atoms with Crippen LogP contribution in [-0.4, -0.2) is 102 Å². The number of carbonyl (C=O) groups excluding carboxylic acids is 1. The molecule has 10 aromatic rings. The predicted molar refractivity (Wildman–Crippen MR) is 349 cm³/mol. The highest BCUT2D eigenvalue weighted by Crippen LogP contribution is 2.56. The molecule has 0 amide bonds. The van der Waals surface area contributed by atoms with Crippen molar-refractivity contribution in [3.05, 3.63) is 251 Å². The number of ether oxygens (including phenoxy) is 8. The standard InChI is InChI=1S/C37H40N4O5.C37H38N4O5/c2*1-6-30-33-36(4,46-35(2,3)45-33)32(44-30)29-21-24(22-42)31-34(38-23-39-41(29)31)40-37(25-13-9-7-10-14-25,26-15-11-8-12-16-26)27-17-19-28(43-5)20-18-27/h7-21,23,30,32-33,42H,6,22H2,1-5H3,(H,38,39,40);7-23,30,32-33H,6H2,1-5H3,(H,38,39,40)/t2*30-,32+,33-,36+/m11/s1. The fraction of sp³-hybridized carbons (Fsp3) is 0.338. The Morgan fingerprint density at radius 2 is 0.880 bits per heavy atom. The summed E-state index contributed by atoms with van der Waals surface area (Å²) >= 11 is 0. The average Bonchev–Trinajstić information content (AvgIpc) is 1.51. The molecule has 0 spiro atoms. The maximum absolute atomic E-state index is 12.8. The van der Waals surface area contributed by atoms with Crippen molar-refractivity contribution in [2.24, 2.45) is 0 Å². The van der Waals surface area contributed by atoms with Crippen LogP contribution in [0.5, 0.6) is 11.5 Å². The first-order valence-corrected chi connectivity index (χ1v) is 31.4. The van der Waals surface area contributed by atoms with E-state index in [1.165, 1.54) is 12.7 Å². The van der Waals surface area contributed by atoms with Crippen molar-refractivity contribution in [2.75, 3.05) is 24.9 Å². The summed E-state index contributed by atoms with van der Waals surface area (Å²) in [5, 5.41) is 27.8. The molecule has 92 heavy (non-hydrogen) atoms. The van der Waals surface area contributed by atoms with Crippen molar-refractivity contribution >= 4 is 29.0 Å². The Balaban J connectivity index is 0.000000168. The van der Waals surface area contributed by atoms with Crippen molar-refractivity contribution < 1.29 is 47.8 Å². The first-order valence-electron chi connectivity index (χ1n) is 31.4. The van der Waals surface area contributed by atoms with Gasteiger partial charge < -0.3 is 53.6 Å². The van der Waals surface area contributed by atoms with Gasteiger partial charge in [-0.2, -0.15) is 10.2 Å². The van der Waals surface area contributed by atoms with Crippen molar-refractivity contribution in [1.29, 1.82) is 0 Å². The van der Waals surface area contributed by atoms with Crippen LogP contribution >= 0.6 is 0 Å². The van der Waals surface area contributed by atoms with Gasteiger partial charge in [0.1, 0.15) is 81.9 Å². The maximum atomic E-state index is 12.8. The second-order valence-electron chi connectivity index (χ2n) is 25.2. The molecule has 18 heteroatoms. The number of anilines is 2. The van der Waals surface area contributed by atoms with Crippen LogP contribution in [-0.2, 0) is 46.1 Å². The second kappa shape index (κ2) is 24.3. The normalized spacial score (nSPS) is 23.8. The largest absolute Gasteiger partial charge is 0.497 e. The summed E-state index contributed by atoms with van der Waals surface area (Å²) in [5.41, 5.74) is 6.38. The van der Waals surface area contributed by atoms with Gasteiger partial charge in [0.25, 0.3) is 0 Å². The smallest absolute Gasteiger partial charge is 0.164 e. The third-order valence-corrected chi connectivity index (χ3v) is 18.6. The van der Waals surface area contributed by atoms with E-state index in [4.69, 9.17) is 53.0 Å². The lowest BCUT2D eigenvalue weighted by molar-refractivity contribution is -0.205. The topological polar surface area (TPSA) is 196 Å². The van der Waals surface area contributed by atoms with Gasteiger partial charge in [-0.05, 0) is 124 Å². The molecule has 18 nitrogen and oxygen atoms in total. The number of aldehydes is 1. The number of aliphatic hydroxyl groups is 1. The number of benzene rings is 6. The molecule has 0 radical (unpaired) electrons. The molecule has 14 rings (SSSR count). The van der Waals surface area contributed by atoms with E-state index in [-0.39, 0.29) is 31.0 Å². The molecular weight excluding hydrogens is 1160 g/mol. The number of nitrogens with one attached hydrogen (secondary N) is 2. The first-order chi connectivity index (χ1) is 44.5. The van der Waals surface area contributed by atoms with E-state index in [0.717, 1.165) is 69.7 Å². The Bertz CT molecular complexity index is 4150. The summed E-state index contributed by atoms with van der Waals surface area (Å²) in [6.45, 7) is 15.7. The number of aromatic nitrogens is 6. The van der Waals surface area contributed by atoms with Crippen LogP contribution in [0.25, 0.3) is 11.0 Å². The van der Waals surface area contributed by atoms with Crippen molar-refractivity contribution in [3.63, 3.8) is 0 Å². The van der Waals surface area contributed by atoms with Crippen LogP contribution in [0.15, 0.2) is 195 Å². The van der Waals surface area contributed by atoms with Crippen molar-refractivity contribution in [1.82, 2.24) is 29.2 Å². The van der Waals surface area contributed by atoms with E-state index in [9.17, 15) is 9.90 Å². The first kappa shape index (κ1) is 62.0. The van der Waals surface area contributed by atoms with Gasteiger partial charge in [-0.15, -0.1) is 0 Å². The lowest BCUT2D eigenvalue weighted by Crippen LogP contribution is -2.40. The third-order valence-electron chi connectivity index (χ3n) is 18.6. The van der Waals surface area contributed by atoms with Gasteiger partial charge >= 0.3 is 0 Å². The molecule has 0 bridgehead atoms. The summed E-state index contributed by atoms with van der Waals surface area (Å²) in [6.07, 6.45) is 3.51. The molecule has 4 aliphatic heterocycles. The molecule has 0 unspecified atom stereocenters. The molecule has 0 aliphatic carbocycles. The average molecular weight is 1240 g/mol. The molecule has 8 heterocycles. The fourth-order valence-corrected chi connectivity index (χ4v) is 14.7. The van der Waals surface area contributed by atoms with Crippen molar-refractivity contribution in [3.8, 4) is 11.5 Å². The lowest BCUT2D eigenvalue weighted by Gasteiger charge is -2.37. The Morgan fingerprint density at radius 1 is 0.522 bits per heavy atom. The van der Waals surface area contributed by atoms with Crippen molar-refractivity contribution in [2.45, 2.75) is 145 Å².